The second-order valence-electron chi connectivity index (χ2n) is 3.65. The second kappa shape index (κ2) is 8.43. The van der Waals surface area contributed by atoms with Crippen molar-refractivity contribution in [2.45, 2.75) is 31.9 Å². The van der Waals surface area contributed by atoms with Gasteiger partial charge in [0, 0.05) is 13.3 Å². The van der Waals surface area contributed by atoms with Crippen molar-refractivity contribution < 1.29 is 34.4 Å². The molecule has 0 rings (SSSR count). The van der Waals surface area contributed by atoms with Crippen LogP contribution in [0.2, 0.25) is 0 Å². The second-order valence-corrected chi connectivity index (χ2v) is 3.65. The molecule has 0 aromatic carbocycles. The molecule has 0 aliphatic rings. The van der Waals surface area contributed by atoms with E-state index in [-0.39, 0.29) is 12.8 Å². The molecule has 2 atom stereocenters. The molecule has 0 saturated heterocycles. The van der Waals surface area contributed by atoms with Gasteiger partial charge in [-0.2, -0.15) is 0 Å². The van der Waals surface area contributed by atoms with Gasteiger partial charge in [-0.1, -0.05) is 0 Å². The summed E-state index contributed by atoms with van der Waals surface area (Å²) in [7, 11) is 0. The predicted molar refractivity (Wildman–Crippen MR) is 58.5 cm³/mol. The quantitative estimate of drug-likeness (QED) is 0.382. The fraction of sp³-hybridized carbons (Fsp3) is 0.700. The number of hydrogen-bond acceptors (Lipinski definition) is 6. The van der Waals surface area contributed by atoms with E-state index in [9.17, 15) is 14.4 Å². The minimum absolute atomic E-state index is 0.108. The van der Waals surface area contributed by atoms with Crippen LogP contribution in [-0.4, -0.2) is 58.5 Å². The summed E-state index contributed by atoms with van der Waals surface area (Å²) in [5.74, 6) is -2.45. The number of ether oxygens (including phenoxy) is 1. The number of aliphatic hydroxyl groups is 2. The van der Waals surface area contributed by atoms with Gasteiger partial charge < -0.3 is 25.4 Å². The average Bonchev–Trinajstić information content (AvgIpc) is 2.30. The molecular weight excluding hydrogens is 246 g/mol. The predicted octanol–water partition coefficient (Wildman–Crippen LogP) is -1.75. The maximum absolute atomic E-state index is 11.5. The van der Waals surface area contributed by atoms with Crippen molar-refractivity contribution in [1.82, 2.24) is 5.32 Å². The minimum Gasteiger partial charge on any atom is -0.481 e. The molecule has 18 heavy (non-hydrogen) atoms. The standard InChI is InChI=1S/C10H17NO7/c1-6(13)11-8(2-3-9(15)16)10(17)18-5-7(14)4-12/h7-8,12,14H,2-5H2,1H3,(H,11,13)(H,15,16)/t7-,8+/m1/s1. The molecule has 0 fully saturated rings. The van der Waals surface area contributed by atoms with Crippen molar-refractivity contribution >= 4 is 17.8 Å². The van der Waals surface area contributed by atoms with E-state index in [2.05, 4.69) is 10.1 Å². The van der Waals surface area contributed by atoms with Crippen LogP contribution >= 0.6 is 0 Å². The molecule has 0 aromatic rings. The highest BCUT2D eigenvalue weighted by molar-refractivity contribution is 5.83. The number of carboxylic acid groups (broad SMARTS) is 1. The summed E-state index contributed by atoms with van der Waals surface area (Å²) >= 11 is 0. The molecule has 8 heteroatoms. The van der Waals surface area contributed by atoms with Gasteiger partial charge in [-0.25, -0.2) is 4.79 Å². The molecule has 0 unspecified atom stereocenters. The molecule has 0 aliphatic heterocycles. The first-order valence-electron chi connectivity index (χ1n) is 5.31. The Hall–Kier alpha value is -1.67. The van der Waals surface area contributed by atoms with Gasteiger partial charge in [0.25, 0.3) is 0 Å². The van der Waals surface area contributed by atoms with Gasteiger partial charge in [0.15, 0.2) is 0 Å². The van der Waals surface area contributed by atoms with Crippen LogP contribution in [-0.2, 0) is 19.1 Å². The molecule has 0 bridgehead atoms. The summed E-state index contributed by atoms with van der Waals surface area (Å²) in [6.45, 7) is 0.204. The highest BCUT2D eigenvalue weighted by Crippen LogP contribution is 2.01. The first-order valence-corrected chi connectivity index (χ1v) is 5.31. The molecule has 0 saturated carbocycles. The molecule has 4 N–H and O–H groups in total. The Morgan fingerprint density at radius 1 is 1.33 bits per heavy atom. The summed E-state index contributed by atoms with van der Waals surface area (Å²) in [6.07, 6.45) is -1.61. The molecule has 0 radical (unpaired) electrons. The van der Waals surface area contributed by atoms with Crippen molar-refractivity contribution in [3.8, 4) is 0 Å². The lowest BCUT2D eigenvalue weighted by Crippen LogP contribution is -2.42. The van der Waals surface area contributed by atoms with Crippen LogP contribution in [0.5, 0.6) is 0 Å². The van der Waals surface area contributed by atoms with Gasteiger partial charge in [-0.05, 0) is 6.42 Å². The smallest absolute Gasteiger partial charge is 0.328 e. The lowest BCUT2D eigenvalue weighted by Gasteiger charge is -2.17. The maximum atomic E-state index is 11.5. The van der Waals surface area contributed by atoms with Gasteiger partial charge in [0.05, 0.1) is 6.61 Å². The number of carboxylic acids is 1. The van der Waals surface area contributed by atoms with E-state index in [0.29, 0.717) is 0 Å². The Kier molecular flexibility index (Phi) is 7.64. The third kappa shape index (κ3) is 7.58. The van der Waals surface area contributed by atoms with E-state index in [4.69, 9.17) is 15.3 Å². The topological polar surface area (TPSA) is 133 Å². The Morgan fingerprint density at radius 2 is 1.94 bits per heavy atom. The van der Waals surface area contributed by atoms with Crippen molar-refractivity contribution in [1.29, 1.82) is 0 Å². The Labute approximate surface area is 104 Å². The van der Waals surface area contributed by atoms with Crippen molar-refractivity contribution in [2.75, 3.05) is 13.2 Å². The number of amides is 1. The number of hydrogen-bond donors (Lipinski definition) is 4. The number of nitrogens with one attached hydrogen (secondary N) is 1. The van der Waals surface area contributed by atoms with Crippen LogP contribution in [0.3, 0.4) is 0 Å². The average molecular weight is 263 g/mol. The van der Waals surface area contributed by atoms with Gasteiger partial charge in [-0.3, -0.25) is 9.59 Å². The molecule has 0 aromatic heterocycles. The van der Waals surface area contributed by atoms with E-state index in [0.717, 1.165) is 0 Å². The summed E-state index contributed by atoms with van der Waals surface area (Å²) in [5, 5.41) is 28.3. The number of carbonyl (C=O) groups excluding carboxylic acids is 2. The first-order chi connectivity index (χ1) is 8.36. The van der Waals surface area contributed by atoms with Gasteiger partial charge in [0.1, 0.15) is 18.8 Å². The first kappa shape index (κ1) is 16.3. The summed E-state index contributed by atoms with van der Waals surface area (Å²) in [4.78, 5) is 32.7. The molecule has 0 spiro atoms. The monoisotopic (exact) mass is 263 g/mol. The normalized spacial score (nSPS) is 13.5. The number of aliphatic carboxylic acids is 1. The molecule has 1 amide bonds. The highest BCUT2D eigenvalue weighted by atomic mass is 16.5. The summed E-state index contributed by atoms with van der Waals surface area (Å²) < 4.78 is 4.63. The van der Waals surface area contributed by atoms with E-state index in [1.165, 1.54) is 6.92 Å². The van der Waals surface area contributed by atoms with Crippen LogP contribution in [0.25, 0.3) is 0 Å². The van der Waals surface area contributed by atoms with E-state index >= 15 is 0 Å². The Bertz CT molecular complexity index is 305. The number of aliphatic hydroxyl groups excluding tert-OH is 2. The molecule has 0 aliphatic carbocycles. The fourth-order valence-electron chi connectivity index (χ4n) is 1.09. The van der Waals surface area contributed by atoms with E-state index in [1.807, 2.05) is 0 Å². The maximum Gasteiger partial charge on any atom is 0.328 e. The summed E-state index contributed by atoms with van der Waals surface area (Å²) in [5.41, 5.74) is 0. The Balaban J connectivity index is 4.30. The fourth-order valence-corrected chi connectivity index (χ4v) is 1.09. The lowest BCUT2D eigenvalue weighted by molar-refractivity contribution is -0.151. The van der Waals surface area contributed by atoms with E-state index in [1.54, 1.807) is 0 Å². The van der Waals surface area contributed by atoms with Crippen LogP contribution in [0.1, 0.15) is 19.8 Å². The summed E-state index contributed by atoms with van der Waals surface area (Å²) in [6, 6.07) is -1.08. The third-order valence-electron chi connectivity index (χ3n) is 1.94. The zero-order chi connectivity index (χ0) is 14.1. The third-order valence-corrected chi connectivity index (χ3v) is 1.94. The molecule has 8 nitrogen and oxygen atoms in total. The van der Waals surface area contributed by atoms with Crippen molar-refractivity contribution in [3.63, 3.8) is 0 Å². The number of rotatable bonds is 8. The number of carbonyl (C=O) groups is 3. The molecule has 0 heterocycles. The van der Waals surface area contributed by atoms with Gasteiger partial charge in [-0.15, -0.1) is 0 Å². The van der Waals surface area contributed by atoms with Crippen LogP contribution in [0.15, 0.2) is 0 Å². The van der Waals surface area contributed by atoms with Crippen LogP contribution in [0, 0.1) is 0 Å². The minimum atomic E-state index is -1.20. The zero-order valence-corrected chi connectivity index (χ0v) is 9.96. The molecule has 104 valence electrons. The van der Waals surface area contributed by atoms with Crippen molar-refractivity contribution in [2.24, 2.45) is 0 Å². The van der Waals surface area contributed by atoms with Gasteiger partial charge >= 0.3 is 11.9 Å². The highest BCUT2D eigenvalue weighted by Gasteiger charge is 2.22. The van der Waals surface area contributed by atoms with Crippen LogP contribution < -0.4 is 5.32 Å². The van der Waals surface area contributed by atoms with Crippen molar-refractivity contribution in [3.05, 3.63) is 0 Å². The zero-order valence-electron chi connectivity index (χ0n) is 9.96. The van der Waals surface area contributed by atoms with E-state index < -0.39 is 43.2 Å². The lowest BCUT2D eigenvalue weighted by atomic mass is 10.1. The van der Waals surface area contributed by atoms with Crippen LogP contribution in [0.4, 0.5) is 0 Å². The number of esters is 1. The Morgan fingerprint density at radius 3 is 2.39 bits per heavy atom. The SMILES string of the molecule is CC(=O)N[C@@H](CCC(=O)O)C(=O)OC[C@H](O)CO. The largest absolute Gasteiger partial charge is 0.481 e. The molecular formula is C10H17NO7. The van der Waals surface area contributed by atoms with Gasteiger partial charge in [0.2, 0.25) is 5.91 Å².